The Balaban J connectivity index is 3.86. The first-order valence-corrected chi connectivity index (χ1v) is 22.1. The van der Waals surface area contributed by atoms with Gasteiger partial charge in [0.25, 0.3) is 0 Å². The molecule has 0 radical (unpaired) electrons. The molecule has 0 bridgehead atoms. The molecule has 0 aliphatic carbocycles. The number of carbonyl (C=O) groups is 1. The zero-order valence-corrected chi connectivity index (χ0v) is 34.3. The summed E-state index contributed by atoms with van der Waals surface area (Å²) in [6.45, 7) is 8.68. The lowest BCUT2D eigenvalue weighted by Crippen LogP contribution is -2.17. The van der Waals surface area contributed by atoms with Crippen molar-refractivity contribution in [2.24, 2.45) is 11.8 Å². The second kappa shape index (κ2) is 39.7. The normalized spacial score (nSPS) is 12.7. The Morgan fingerprint density at radius 3 is 1.41 bits per heavy atom. The average Bonchev–Trinajstić information content (AvgIpc) is 3.09. The summed E-state index contributed by atoms with van der Waals surface area (Å²) >= 11 is 0. The maximum Gasteiger partial charge on any atom is 0.305 e. The number of nitrogens with zero attached hydrogens (tertiary/aromatic N) is 1. The van der Waals surface area contributed by atoms with E-state index in [4.69, 9.17) is 4.74 Å². The molecule has 3 nitrogen and oxygen atoms in total. The summed E-state index contributed by atoms with van der Waals surface area (Å²) in [6, 6.07) is 0. The van der Waals surface area contributed by atoms with Crippen LogP contribution in [0, 0.1) is 11.8 Å². The van der Waals surface area contributed by atoms with Gasteiger partial charge in [0.15, 0.2) is 0 Å². The van der Waals surface area contributed by atoms with E-state index >= 15 is 0 Å². The van der Waals surface area contributed by atoms with E-state index in [0.717, 1.165) is 31.1 Å². The van der Waals surface area contributed by atoms with Crippen LogP contribution in [0.4, 0.5) is 0 Å². The van der Waals surface area contributed by atoms with Gasteiger partial charge in [-0.15, -0.1) is 0 Å². The van der Waals surface area contributed by atoms with E-state index in [1.165, 1.54) is 186 Å². The Morgan fingerprint density at radius 2 is 0.898 bits per heavy atom. The molecule has 0 aromatic heterocycles. The first kappa shape index (κ1) is 47.9. The van der Waals surface area contributed by atoms with Gasteiger partial charge >= 0.3 is 5.97 Å². The Hall–Kier alpha value is -1.09. The van der Waals surface area contributed by atoms with Crippen LogP contribution in [0.1, 0.15) is 226 Å². The van der Waals surface area contributed by atoms with Crippen LogP contribution in [-0.4, -0.2) is 38.1 Å². The van der Waals surface area contributed by atoms with Gasteiger partial charge in [0, 0.05) is 6.42 Å². The lowest BCUT2D eigenvalue weighted by Gasteiger charge is -2.19. The third-order valence-corrected chi connectivity index (χ3v) is 10.5. The van der Waals surface area contributed by atoms with E-state index in [1.807, 2.05) is 0 Å². The third-order valence-electron chi connectivity index (χ3n) is 10.5. The van der Waals surface area contributed by atoms with Gasteiger partial charge in [0.1, 0.15) is 0 Å². The fourth-order valence-electron chi connectivity index (χ4n) is 7.09. The van der Waals surface area contributed by atoms with Crippen molar-refractivity contribution in [1.82, 2.24) is 4.90 Å². The number of esters is 1. The summed E-state index contributed by atoms with van der Waals surface area (Å²) < 4.78 is 5.65. The number of hydrogen-bond donors (Lipinski definition) is 0. The average molecular weight is 688 g/mol. The van der Waals surface area contributed by atoms with Gasteiger partial charge in [0.2, 0.25) is 0 Å². The van der Waals surface area contributed by atoms with Crippen LogP contribution in [-0.2, 0) is 9.53 Å². The second-order valence-electron chi connectivity index (χ2n) is 15.7. The zero-order valence-electron chi connectivity index (χ0n) is 34.3. The third kappa shape index (κ3) is 38.0. The van der Waals surface area contributed by atoms with E-state index in [0.29, 0.717) is 13.0 Å². The fourth-order valence-corrected chi connectivity index (χ4v) is 7.09. The molecule has 0 aliphatic rings. The highest BCUT2D eigenvalue weighted by Crippen LogP contribution is 2.23. The molecule has 0 aliphatic heterocycles. The highest BCUT2D eigenvalue weighted by Gasteiger charge is 2.11. The number of hydrogen-bond acceptors (Lipinski definition) is 3. The first-order chi connectivity index (χ1) is 24.0. The molecular formula is C46H89NO2. The largest absolute Gasteiger partial charge is 0.466 e. The number of allylic oxidation sites excluding steroid dienone is 4. The topological polar surface area (TPSA) is 29.5 Å². The van der Waals surface area contributed by atoms with E-state index < -0.39 is 0 Å². The molecule has 3 heteroatoms. The minimum atomic E-state index is 0.0319. The van der Waals surface area contributed by atoms with Crippen molar-refractivity contribution in [3.63, 3.8) is 0 Å². The zero-order chi connectivity index (χ0) is 35.9. The Bertz CT molecular complexity index is 704. The maximum atomic E-state index is 12.3. The van der Waals surface area contributed by atoms with Crippen molar-refractivity contribution in [2.75, 3.05) is 27.2 Å². The number of carbonyl (C=O) groups excluding carboxylic acids is 1. The van der Waals surface area contributed by atoms with Crippen LogP contribution in [0.15, 0.2) is 24.3 Å². The van der Waals surface area contributed by atoms with Crippen LogP contribution >= 0.6 is 0 Å². The van der Waals surface area contributed by atoms with Crippen LogP contribution < -0.4 is 0 Å². The Labute approximate surface area is 309 Å². The van der Waals surface area contributed by atoms with Crippen LogP contribution in [0.2, 0.25) is 0 Å². The smallest absolute Gasteiger partial charge is 0.305 e. The fraction of sp³-hybridized carbons (Fsp3) is 0.891. The van der Waals surface area contributed by atoms with Crippen LogP contribution in [0.3, 0.4) is 0 Å². The Kier molecular flexibility index (Phi) is 38.8. The standard InChI is InChI=1S/C46H89NO2/c1-6-9-12-13-14-15-16-17-18-19-20-21-22-23-24-27-32-37-44(40-42-47(4)5)38-33-28-25-26-29-34-39-46(48)49-43-41-45(35-30-10-7-2)36-31-11-8-3/h14-15,17-18,44-45H,6-13,16,19-43H2,1-5H3/b15-14-,18-17-. The molecule has 0 rings (SSSR count). The van der Waals surface area contributed by atoms with Crippen LogP contribution in [0.25, 0.3) is 0 Å². The quantitative estimate of drug-likeness (QED) is 0.0366. The van der Waals surface area contributed by atoms with Gasteiger partial charge in [-0.05, 0) is 83.8 Å². The number of rotatable bonds is 39. The lowest BCUT2D eigenvalue weighted by molar-refractivity contribution is -0.144. The maximum absolute atomic E-state index is 12.3. The molecule has 0 saturated carbocycles. The highest BCUT2D eigenvalue weighted by molar-refractivity contribution is 5.69. The summed E-state index contributed by atoms with van der Waals surface area (Å²) in [6.07, 6.45) is 50.7. The highest BCUT2D eigenvalue weighted by atomic mass is 16.5. The van der Waals surface area contributed by atoms with Crippen molar-refractivity contribution >= 4 is 5.97 Å². The van der Waals surface area contributed by atoms with Crippen molar-refractivity contribution < 1.29 is 9.53 Å². The van der Waals surface area contributed by atoms with Gasteiger partial charge in [-0.2, -0.15) is 0 Å². The minimum absolute atomic E-state index is 0.0319. The predicted molar refractivity (Wildman–Crippen MR) is 220 cm³/mol. The Morgan fingerprint density at radius 1 is 0.490 bits per heavy atom. The van der Waals surface area contributed by atoms with Crippen molar-refractivity contribution in [1.29, 1.82) is 0 Å². The number of ether oxygens (including phenoxy) is 1. The van der Waals surface area contributed by atoms with E-state index in [-0.39, 0.29) is 5.97 Å². The molecule has 1 unspecified atom stereocenters. The van der Waals surface area contributed by atoms with Gasteiger partial charge in [0.05, 0.1) is 6.61 Å². The molecule has 49 heavy (non-hydrogen) atoms. The monoisotopic (exact) mass is 688 g/mol. The molecule has 0 aromatic carbocycles. The summed E-state index contributed by atoms with van der Waals surface area (Å²) in [4.78, 5) is 14.7. The van der Waals surface area contributed by atoms with Gasteiger partial charge in [-0.1, -0.05) is 193 Å². The predicted octanol–water partition coefficient (Wildman–Crippen LogP) is 15.0. The van der Waals surface area contributed by atoms with Crippen molar-refractivity contribution in [2.45, 2.75) is 226 Å². The second-order valence-corrected chi connectivity index (χ2v) is 15.7. The van der Waals surface area contributed by atoms with E-state index in [1.54, 1.807) is 0 Å². The van der Waals surface area contributed by atoms with Gasteiger partial charge < -0.3 is 9.64 Å². The molecule has 0 N–H and O–H groups in total. The summed E-state index contributed by atoms with van der Waals surface area (Å²) in [5.41, 5.74) is 0. The molecule has 0 heterocycles. The summed E-state index contributed by atoms with van der Waals surface area (Å²) in [5, 5.41) is 0. The number of unbranched alkanes of at least 4 members (excludes halogenated alkanes) is 19. The lowest BCUT2D eigenvalue weighted by atomic mass is 9.91. The molecular weight excluding hydrogens is 599 g/mol. The van der Waals surface area contributed by atoms with E-state index in [2.05, 4.69) is 64.1 Å². The molecule has 290 valence electrons. The summed E-state index contributed by atoms with van der Waals surface area (Å²) in [5.74, 6) is 1.67. The SMILES string of the molecule is CCCCC/C=C\C/C=C\CCCCCCCCCC(CCCCCCCCC(=O)OCCC(CCCCC)CCCCC)CCN(C)C. The molecule has 0 amide bonds. The van der Waals surface area contributed by atoms with Gasteiger partial charge in [-0.25, -0.2) is 0 Å². The van der Waals surface area contributed by atoms with Crippen molar-refractivity contribution in [3.8, 4) is 0 Å². The molecule has 0 fully saturated rings. The summed E-state index contributed by atoms with van der Waals surface area (Å²) in [7, 11) is 4.44. The first-order valence-electron chi connectivity index (χ1n) is 22.1. The minimum Gasteiger partial charge on any atom is -0.466 e. The molecule has 0 saturated heterocycles. The van der Waals surface area contributed by atoms with Crippen LogP contribution in [0.5, 0.6) is 0 Å². The molecule has 0 aromatic rings. The van der Waals surface area contributed by atoms with Gasteiger partial charge in [-0.3, -0.25) is 4.79 Å². The van der Waals surface area contributed by atoms with E-state index in [9.17, 15) is 4.79 Å². The van der Waals surface area contributed by atoms with Crippen molar-refractivity contribution in [3.05, 3.63) is 24.3 Å². The molecule has 1 atom stereocenters. The molecule has 0 spiro atoms.